The average Bonchev–Trinajstić information content (AvgIpc) is 3.13. The molecule has 26 heavy (non-hydrogen) atoms. The van der Waals surface area contributed by atoms with Gasteiger partial charge in [0.05, 0.1) is 0 Å². The lowest BCUT2D eigenvalue weighted by atomic mass is 10.0. The molecule has 0 aliphatic rings. The van der Waals surface area contributed by atoms with E-state index in [0.717, 1.165) is 22.4 Å². The molecule has 0 aliphatic heterocycles. The van der Waals surface area contributed by atoms with E-state index in [2.05, 4.69) is 88.3 Å². The van der Waals surface area contributed by atoms with Crippen LogP contribution in [0.25, 0.3) is 38.9 Å². The third-order valence-electron chi connectivity index (χ3n) is 4.77. The van der Waals surface area contributed by atoms with Crippen molar-refractivity contribution in [3.05, 3.63) is 90.6 Å². The topological polar surface area (TPSA) is 30.2 Å². The molecule has 3 aromatic carbocycles. The Morgan fingerprint density at radius 1 is 0.692 bits per heavy atom. The van der Waals surface area contributed by atoms with Crippen LogP contribution in [-0.4, -0.2) is 14.6 Å². The number of pyridine rings is 1. The molecule has 0 fully saturated rings. The summed E-state index contributed by atoms with van der Waals surface area (Å²) in [6.45, 7) is 2.12. The lowest BCUT2D eigenvalue weighted by Crippen LogP contribution is -1.90. The quantitative estimate of drug-likeness (QED) is 0.425. The van der Waals surface area contributed by atoms with Gasteiger partial charge in [0.25, 0.3) is 0 Å². The standard InChI is InChI=1S/C23H17N3/c1-16-6-4-8-18(14-16)19-9-5-10-20(15-19)22-24-25-23-21-11-3-2-7-17(21)12-13-26(22)23/h2-15H,1H3. The predicted octanol–water partition coefficient (Wildman–Crippen LogP) is 5.52. The molecule has 3 nitrogen and oxygen atoms in total. The number of fused-ring (bicyclic) bond motifs is 3. The van der Waals surface area contributed by atoms with Crippen molar-refractivity contribution < 1.29 is 0 Å². The van der Waals surface area contributed by atoms with E-state index >= 15 is 0 Å². The van der Waals surface area contributed by atoms with E-state index < -0.39 is 0 Å². The molecule has 5 rings (SSSR count). The largest absolute Gasteiger partial charge is 0.282 e. The van der Waals surface area contributed by atoms with Gasteiger partial charge in [-0.3, -0.25) is 4.40 Å². The van der Waals surface area contributed by atoms with Crippen molar-refractivity contribution in [3.63, 3.8) is 0 Å². The van der Waals surface area contributed by atoms with Gasteiger partial charge in [0.2, 0.25) is 0 Å². The first-order chi connectivity index (χ1) is 12.8. The number of aryl methyl sites for hydroxylation is 1. The van der Waals surface area contributed by atoms with Gasteiger partial charge in [0, 0.05) is 17.1 Å². The molecule has 0 spiro atoms. The molecule has 0 aliphatic carbocycles. The first kappa shape index (κ1) is 14.8. The van der Waals surface area contributed by atoms with E-state index in [1.165, 1.54) is 22.1 Å². The minimum atomic E-state index is 0.861. The molecule has 2 aromatic heterocycles. The molecule has 3 heteroatoms. The number of rotatable bonds is 2. The van der Waals surface area contributed by atoms with Gasteiger partial charge in [0.15, 0.2) is 11.5 Å². The summed E-state index contributed by atoms with van der Waals surface area (Å²) in [5.74, 6) is 0.861. The van der Waals surface area contributed by atoms with Crippen LogP contribution in [0.2, 0.25) is 0 Å². The highest BCUT2D eigenvalue weighted by Gasteiger charge is 2.11. The van der Waals surface area contributed by atoms with Gasteiger partial charge in [-0.15, -0.1) is 10.2 Å². The maximum absolute atomic E-state index is 4.48. The molecule has 0 saturated carbocycles. The monoisotopic (exact) mass is 335 g/mol. The average molecular weight is 335 g/mol. The highest BCUT2D eigenvalue weighted by Crippen LogP contribution is 2.28. The zero-order valence-electron chi connectivity index (χ0n) is 14.4. The molecular formula is C23H17N3. The Morgan fingerprint density at radius 2 is 1.46 bits per heavy atom. The second-order valence-corrected chi connectivity index (χ2v) is 6.57. The summed E-state index contributed by atoms with van der Waals surface area (Å²) in [6.07, 6.45) is 2.05. The van der Waals surface area contributed by atoms with Crippen LogP contribution in [0.3, 0.4) is 0 Å². The van der Waals surface area contributed by atoms with Gasteiger partial charge >= 0.3 is 0 Å². The van der Waals surface area contributed by atoms with Gasteiger partial charge in [-0.25, -0.2) is 0 Å². The van der Waals surface area contributed by atoms with E-state index in [4.69, 9.17) is 0 Å². The van der Waals surface area contributed by atoms with Gasteiger partial charge in [-0.1, -0.05) is 72.3 Å². The number of benzene rings is 3. The number of nitrogens with zero attached hydrogens (tertiary/aromatic N) is 3. The summed E-state index contributed by atoms with van der Waals surface area (Å²) in [7, 11) is 0. The molecule has 0 radical (unpaired) electrons. The fourth-order valence-electron chi connectivity index (χ4n) is 3.48. The van der Waals surface area contributed by atoms with Crippen LogP contribution in [0.4, 0.5) is 0 Å². The maximum Gasteiger partial charge on any atom is 0.168 e. The molecule has 0 saturated heterocycles. The molecule has 0 unspecified atom stereocenters. The van der Waals surface area contributed by atoms with Crippen LogP contribution in [0.5, 0.6) is 0 Å². The molecule has 0 atom stereocenters. The highest BCUT2D eigenvalue weighted by molar-refractivity contribution is 5.94. The lowest BCUT2D eigenvalue weighted by Gasteiger charge is -2.06. The first-order valence-electron chi connectivity index (χ1n) is 8.69. The fraction of sp³-hybridized carbons (Fsp3) is 0.0435. The highest BCUT2D eigenvalue weighted by atomic mass is 15.2. The first-order valence-corrected chi connectivity index (χ1v) is 8.69. The van der Waals surface area contributed by atoms with E-state index in [9.17, 15) is 0 Å². The van der Waals surface area contributed by atoms with Crippen molar-refractivity contribution >= 4 is 16.4 Å². The van der Waals surface area contributed by atoms with Crippen LogP contribution in [0.1, 0.15) is 5.56 Å². The Bertz CT molecular complexity index is 1250. The van der Waals surface area contributed by atoms with Crippen molar-refractivity contribution in [2.75, 3.05) is 0 Å². The predicted molar refractivity (Wildman–Crippen MR) is 106 cm³/mol. The summed E-state index contributed by atoms with van der Waals surface area (Å²) in [6, 6.07) is 27.4. The second kappa shape index (κ2) is 5.81. The Kier molecular flexibility index (Phi) is 3.32. The SMILES string of the molecule is Cc1cccc(-c2cccc(-c3nnc4c5ccccc5ccn34)c2)c1. The molecular weight excluding hydrogens is 318 g/mol. The van der Waals surface area contributed by atoms with Gasteiger partial charge in [-0.2, -0.15) is 0 Å². The van der Waals surface area contributed by atoms with Crippen LogP contribution in [0, 0.1) is 6.92 Å². The van der Waals surface area contributed by atoms with E-state index in [0.29, 0.717) is 0 Å². The van der Waals surface area contributed by atoms with Crippen LogP contribution in [0.15, 0.2) is 85.1 Å². The zero-order valence-corrected chi connectivity index (χ0v) is 14.4. The van der Waals surface area contributed by atoms with Crippen molar-refractivity contribution in [3.8, 4) is 22.5 Å². The molecule has 0 amide bonds. The minimum Gasteiger partial charge on any atom is -0.282 e. The van der Waals surface area contributed by atoms with Crippen LogP contribution in [-0.2, 0) is 0 Å². The van der Waals surface area contributed by atoms with Crippen LogP contribution >= 0.6 is 0 Å². The summed E-state index contributed by atoms with van der Waals surface area (Å²) in [5, 5.41) is 11.2. The zero-order chi connectivity index (χ0) is 17.5. The fourth-order valence-corrected chi connectivity index (χ4v) is 3.48. The Balaban J connectivity index is 1.69. The summed E-state index contributed by atoms with van der Waals surface area (Å²) in [4.78, 5) is 0. The summed E-state index contributed by atoms with van der Waals surface area (Å²) < 4.78 is 2.07. The normalized spacial score (nSPS) is 11.3. The molecule has 124 valence electrons. The maximum atomic E-state index is 4.48. The minimum absolute atomic E-state index is 0.861. The van der Waals surface area contributed by atoms with Crippen molar-refractivity contribution in [1.29, 1.82) is 0 Å². The third-order valence-corrected chi connectivity index (χ3v) is 4.77. The molecule has 2 heterocycles. The van der Waals surface area contributed by atoms with Crippen molar-refractivity contribution in [1.82, 2.24) is 14.6 Å². The van der Waals surface area contributed by atoms with Crippen molar-refractivity contribution in [2.24, 2.45) is 0 Å². The Morgan fingerprint density at radius 3 is 2.35 bits per heavy atom. The smallest absolute Gasteiger partial charge is 0.168 e. The summed E-state index contributed by atoms with van der Waals surface area (Å²) in [5.41, 5.74) is 5.60. The molecule has 5 aromatic rings. The number of aromatic nitrogens is 3. The number of hydrogen-bond donors (Lipinski definition) is 0. The second-order valence-electron chi connectivity index (χ2n) is 6.57. The number of hydrogen-bond acceptors (Lipinski definition) is 2. The molecule has 0 N–H and O–H groups in total. The van der Waals surface area contributed by atoms with Gasteiger partial charge in [-0.05, 0) is 35.6 Å². The lowest BCUT2D eigenvalue weighted by molar-refractivity contribution is 1.11. The van der Waals surface area contributed by atoms with E-state index in [-0.39, 0.29) is 0 Å². The van der Waals surface area contributed by atoms with Gasteiger partial charge < -0.3 is 0 Å². The van der Waals surface area contributed by atoms with E-state index in [1.807, 2.05) is 18.3 Å². The van der Waals surface area contributed by atoms with Crippen molar-refractivity contribution in [2.45, 2.75) is 6.92 Å². The Labute approximate surface area is 151 Å². The van der Waals surface area contributed by atoms with Crippen LogP contribution < -0.4 is 0 Å². The Hall–Kier alpha value is -3.46. The summed E-state index contributed by atoms with van der Waals surface area (Å²) >= 11 is 0. The van der Waals surface area contributed by atoms with E-state index in [1.54, 1.807) is 0 Å². The van der Waals surface area contributed by atoms with Gasteiger partial charge in [0.1, 0.15) is 0 Å². The third kappa shape index (κ3) is 2.37. The molecule has 0 bridgehead atoms.